The van der Waals surface area contributed by atoms with E-state index < -0.39 is 0 Å². The molecule has 0 saturated heterocycles. The Morgan fingerprint density at radius 1 is 1.31 bits per heavy atom. The summed E-state index contributed by atoms with van der Waals surface area (Å²) in [5, 5.41) is 6.90. The predicted octanol–water partition coefficient (Wildman–Crippen LogP) is 1.30. The highest BCUT2D eigenvalue weighted by atomic mass is 35.5. The molecule has 0 radical (unpaired) electrons. The minimum atomic E-state index is 0.344. The average Bonchev–Trinajstić information content (AvgIpc) is 1.99. The Morgan fingerprint density at radius 2 is 1.85 bits per heavy atom. The number of rotatable bonds is 2. The fraction of sp³-hybridized carbons (Fsp3) is 0.125. The van der Waals surface area contributed by atoms with Gasteiger partial charge >= 0.3 is 0 Å². The molecular formula is C8H9Cl2N2S+. The number of hydrogen-bond donors (Lipinski definition) is 2. The molecule has 0 atom stereocenters. The summed E-state index contributed by atoms with van der Waals surface area (Å²) in [6.45, 7) is 0. The summed E-state index contributed by atoms with van der Waals surface area (Å²) in [6, 6.07) is 5.36. The zero-order valence-corrected chi connectivity index (χ0v) is 9.09. The first-order chi connectivity index (χ1) is 6.08. The van der Waals surface area contributed by atoms with Gasteiger partial charge in [-0.3, -0.25) is 11.1 Å². The lowest BCUT2D eigenvalue weighted by Gasteiger charge is -1.99. The van der Waals surface area contributed by atoms with Crippen LogP contribution in [0.1, 0.15) is 5.56 Å². The maximum absolute atomic E-state index is 5.80. The summed E-state index contributed by atoms with van der Waals surface area (Å²) in [5.41, 5.74) is 6.32. The summed E-state index contributed by atoms with van der Waals surface area (Å²) in [7, 11) is 0. The summed E-state index contributed by atoms with van der Waals surface area (Å²) >= 11 is 13.0. The molecule has 0 aliphatic rings. The number of thioether (sulfide) groups is 1. The third kappa shape index (κ3) is 3.89. The molecule has 1 rings (SSSR count). The van der Waals surface area contributed by atoms with Gasteiger partial charge in [0.1, 0.15) is 0 Å². The third-order valence-electron chi connectivity index (χ3n) is 1.33. The van der Waals surface area contributed by atoms with E-state index in [9.17, 15) is 0 Å². The normalized spacial score (nSPS) is 10.0. The van der Waals surface area contributed by atoms with Gasteiger partial charge in [-0.05, 0) is 35.5 Å². The number of benzene rings is 1. The van der Waals surface area contributed by atoms with E-state index in [0.717, 1.165) is 5.56 Å². The van der Waals surface area contributed by atoms with Crippen LogP contribution in [-0.2, 0) is 5.75 Å². The molecule has 5 heteroatoms. The van der Waals surface area contributed by atoms with Crippen LogP contribution in [-0.4, -0.2) is 5.17 Å². The molecule has 0 aromatic heterocycles. The second-order valence-electron chi connectivity index (χ2n) is 2.47. The molecule has 2 nitrogen and oxygen atoms in total. The van der Waals surface area contributed by atoms with Gasteiger partial charge in [0.2, 0.25) is 0 Å². The topological polar surface area (TPSA) is 51.6 Å². The van der Waals surface area contributed by atoms with Crippen molar-refractivity contribution in [3.63, 3.8) is 0 Å². The van der Waals surface area contributed by atoms with Crippen LogP contribution < -0.4 is 11.1 Å². The first kappa shape index (κ1) is 10.7. The molecule has 0 bridgehead atoms. The van der Waals surface area contributed by atoms with E-state index in [1.807, 2.05) is 12.1 Å². The minimum absolute atomic E-state index is 0.344. The molecule has 0 spiro atoms. The summed E-state index contributed by atoms with van der Waals surface area (Å²) in [4.78, 5) is 0. The Hall–Kier alpha value is -0.380. The van der Waals surface area contributed by atoms with Gasteiger partial charge in [-0.2, -0.15) is 0 Å². The zero-order valence-electron chi connectivity index (χ0n) is 6.76. The van der Waals surface area contributed by atoms with Gasteiger partial charge in [0, 0.05) is 15.8 Å². The molecule has 0 saturated carbocycles. The fourth-order valence-electron chi connectivity index (χ4n) is 0.861. The summed E-state index contributed by atoms with van der Waals surface area (Å²) in [6.07, 6.45) is 0. The lowest BCUT2D eigenvalue weighted by molar-refractivity contribution is -0.110. The highest BCUT2D eigenvalue weighted by molar-refractivity contribution is 8.12. The van der Waals surface area contributed by atoms with Crippen molar-refractivity contribution in [1.29, 1.82) is 0 Å². The van der Waals surface area contributed by atoms with Gasteiger partial charge in [-0.15, -0.1) is 0 Å². The van der Waals surface area contributed by atoms with E-state index in [0.29, 0.717) is 21.0 Å². The van der Waals surface area contributed by atoms with Gasteiger partial charge in [0.25, 0.3) is 5.17 Å². The Kier molecular flexibility index (Phi) is 3.90. The fourth-order valence-corrected chi connectivity index (χ4v) is 1.93. The molecule has 0 fully saturated rings. The van der Waals surface area contributed by atoms with Gasteiger partial charge in [-0.25, -0.2) is 0 Å². The van der Waals surface area contributed by atoms with Crippen molar-refractivity contribution in [2.24, 2.45) is 5.73 Å². The molecule has 70 valence electrons. The van der Waals surface area contributed by atoms with E-state index in [2.05, 4.69) is 0 Å². The molecule has 1 aromatic carbocycles. The molecule has 0 unspecified atom stereocenters. The van der Waals surface area contributed by atoms with Crippen molar-refractivity contribution in [3.05, 3.63) is 33.8 Å². The van der Waals surface area contributed by atoms with Gasteiger partial charge in [0.15, 0.2) is 0 Å². The first-order valence-electron chi connectivity index (χ1n) is 3.53. The monoisotopic (exact) mass is 235 g/mol. The standard InChI is InChI=1S/C8H8Cl2N2S/c9-6-1-5(2-7(10)3-6)4-13-8(11)12/h1-3H,4H2,(H3,11,12)/p+1. The van der Waals surface area contributed by atoms with Crippen LogP contribution in [0.2, 0.25) is 10.0 Å². The Balaban J connectivity index is 2.71. The van der Waals surface area contributed by atoms with Crippen molar-refractivity contribution in [1.82, 2.24) is 0 Å². The predicted molar refractivity (Wildman–Crippen MR) is 58.9 cm³/mol. The van der Waals surface area contributed by atoms with Crippen LogP contribution in [0.4, 0.5) is 0 Å². The lowest BCUT2D eigenvalue weighted by atomic mass is 10.2. The Bertz CT molecular complexity index is 308. The number of hydrogen-bond acceptors (Lipinski definition) is 1. The molecule has 0 amide bonds. The molecule has 0 aliphatic carbocycles. The zero-order chi connectivity index (χ0) is 9.84. The van der Waals surface area contributed by atoms with Gasteiger partial charge in [-0.1, -0.05) is 23.2 Å². The van der Waals surface area contributed by atoms with Crippen LogP contribution in [0.25, 0.3) is 0 Å². The van der Waals surface area contributed by atoms with Crippen molar-refractivity contribution < 1.29 is 5.41 Å². The molecule has 4 N–H and O–H groups in total. The van der Waals surface area contributed by atoms with Crippen molar-refractivity contribution in [3.8, 4) is 0 Å². The third-order valence-corrected chi connectivity index (χ3v) is 2.58. The average molecular weight is 236 g/mol. The molecule has 0 heterocycles. The maximum Gasteiger partial charge on any atom is 0.300 e. The Labute approximate surface area is 90.9 Å². The second-order valence-corrected chi connectivity index (χ2v) is 4.39. The summed E-state index contributed by atoms with van der Waals surface area (Å²) in [5.74, 6) is 0.683. The van der Waals surface area contributed by atoms with Gasteiger partial charge in [0.05, 0.1) is 0 Å². The second kappa shape index (κ2) is 4.74. The van der Waals surface area contributed by atoms with Crippen molar-refractivity contribution in [2.45, 2.75) is 5.75 Å². The highest BCUT2D eigenvalue weighted by Crippen LogP contribution is 2.21. The van der Waals surface area contributed by atoms with Crippen molar-refractivity contribution in [2.75, 3.05) is 0 Å². The van der Waals surface area contributed by atoms with E-state index >= 15 is 0 Å². The smallest absolute Gasteiger partial charge is 0.282 e. The molecule has 1 aromatic rings. The van der Waals surface area contributed by atoms with E-state index in [4.69, 9.17) is 34.3 Å². The Morgan fingerprint density at radius 3 is 2.31 bits per heavy atom. The molecule has 13 heavy (non-hydrogen) atoms. The van der Waals surface area contributed by atoms with E-state index in [-0.39, 0.29) is 0 Å². The van der Waals surface area contributed by atoms with Crippen LogP contribution in [0.15, 0.2) is 18.2 Å². The lowest BCUT2D eigenvalue weighted by Crippen LogP contribution is -2.43. The van der Waals surface area contributed by atoms with Crippen molar-refractivity contribution >= 4 is 40.1 Å². The van der Waals surface area contributed by atoms with Crippen LogP contribution >= 0.6 is 35.0 Å². The SMILES string of the molecule is NC(=[NH2+])SCc1cc(Cl)cc(Cl)c1. The molecular weight excluding hydrogens is 227 g/mol. The number of nitrogens with two attached hydrogens (primary N) is 2. The first-order valence-corrected chi connectivity index (χ1v) is 5.28. The number of halogens is 2. The summed E-state index contributed by atoms with van der Waals surface area (Å²) < 4.78 is 0. The van der Waals surface area contributed by atoms with Crippen LogP contribution in [0, 0.1) is 0 Å². The quantitative estimate of drug-likeness (QED) is 0.600. The van der Waals surface area contributed by atoms with Crippen LogP contribution in [0.5, 0.6) is 0 Å². The van der Waals surface area contributed by atoms with E-state index in [1.165, 1.54) is 11.8 Å². The van der Waals surface area contributed by atoms with Crippen LogP contribution in [0.3, 0.4) is 0 Å². The minimum Gasteiger partial charge on any atom is -0.282 e. The molecule has 0 aliphatic heterocycles. The maximum atomic E-state index is 5.80. The number of amidine groups is 1. The van der Waals surface area contributed by atoms with E-state index in [1.54, 1.807) is 6.07 Å². The highest BCUT2D eigenvalue weighted by Gasteiger charge is 2.01. The van der Waals surface area contributed by atoms with Gasteiger partial charge < -0.3 is 0 Å². The largest absolute Gasteiger partial charge is 0.300 e.